The summed E-state index contributed by atoms with van der Waals surface area (Å²) in [5, 5.41) is 0. The van der Waals surface area contributed by atoms with E-state index in [0.717, 1.165) is 12.8 Å². The van der Waals surface area contributed by atoms with Crippen molar-refractivity contribution in [1.29, 1.82) is 0 Å². The minimum atomic E-state index is 0.233. The van der Waals surface area contributed by atoms with Gasteiger partial charge in [0.2, 0.25) is 0 Å². The van der Waals surface area contributed by atoms with Crippen LogP contribution in [0.4, 0.5) is 0 Å². The second-order valence-electron chi connectivity index (χ2n) is 5.95. The number of hydrogen-bond donors (Lipinski definition) is 0. The second kappa shape index (κ2) is 3.87. The van der Waals surface area contributed by atoms with Crippen molar-refractivity contribution in [2.45, 2.75) is 47.0 Å². The van der Waals surface area contributed by atoms with Gasteiger partial charge in [-0.2, -0.15) is 0 Å². The van der Waals surface area contributed by atoms with Gasteiger partial charge in [-0.3, -0.25) is 4.79 Å². The Labute approximate surface area is 98.6 Å². The van der Waals surface area contributed by atoms with Gasteiger partial charge < -0.3 is 0 Å². The van der Waals surface area contributed by atoms with Crippen molar-refractivity contribution in [1.82, 2.24) is 0 Å². The van der Waals surface area contributed by atoms with Gasteiger partial charge in [0.25, 0.3) is 0 Å². The van der Waals surface area contributed by atoms with Crippen molar-refractivity contribution < 1.29 is 4.79 Å². The van der Waals surface area contributed by atoms with Crippen molar-refractivity contribution in [3.8, 4) is 0 Å². The van der Waals surface area contributed by atoms with E-state index in [0.29, 0.717) is 18.1 Å². The van der Waals surface area contributed by atoms with Crippen LogP contribution < -0.4 is 0 Å². The van der Waals surface area contributed by atoms with Gasteiger partial charge in [0.15, 0.2) is 0 Å². The van der Waals surface area contributed by atoms with E-state index in [1.807, 2.05) is 0 Å². The number of ketones is 1. The third kappa shape index (κ3) is 1.77. The first-order valence-corrected chi connectivity index (χ1v) is 6.31. The van der Waals surface area contributed by atoms with E-state index >= 15 is 0 Å². The van der Waals surface area contributed by atoms with Crippen LogP contribution in [-0.4, -0.2) is 5.78 Å². The molecule has 2 unspecified atom stereocenters. The van der Waals surface area contributed by atoms with Crippen LogP contribution in [0.1, 0.15) is 47.0 Å². The monoisotopic (exact) mass is 218 g/mol. The maximum absolute atomic E-state index is 11.5. The van der Waals surface area contributed by atoms with Crippen LogP contribution in [-0.2, 0) is 4.79 Å². The van der Waals surface area contributed by atoms with E-state index in [4.69, 9.17) is 0 Å². The molecule has 2 aliphatic rings. The topological polar surface area (TPSA) is 17.1 Å². The molecule has 16 heavy (non-hydrogen) atoms. The van der Waals surface area contributed by atoms with Gasteiger partial charge in [-0.25, -0.2) is 0 Å². The zero-order valence-electron chi connectivity index (χ0n) is 10.8. The molecule has 1 nitrogen and oxygen atoms in total. The Hall–Kier alpha value is -0.850. The van der Waals surface area contributed by atoms with Crippen LogP contribution in [0.3, 0.4) is 0 Å². The lowest BCUT2D eigenvalue weighted by atomic mass is 9.70. The molecule has 0 aliphatic heterocycles. The summed E-state index contributed by atoms with van der Waals surface area (Å²) in [5.41, 5.74) is 3.31. The number of hydrogen-bond acceptors (Lipinski definition) is 1. The quantitative estimate of drug-likeness (QED) is 0.610. The van der Waals surface area contributed by atoms with Crippen LogP contribution >= 0.6 is 0 Å². The van der Waals surface area contributed by atoms with E-state index in [1.54, 1.807) is 0 Å². The number of allylic oxidation sites excluding steroid dienone is 4. The third-order valence-electron chi connectivity index (χ3n) is 4.65. The molecule has 0 N–H and O–H groups in total. The Morgan fingerprint density at radius 2 is 2.00 bits per heavy atom. The largest absolute Gasteiger partial charge is 0.299 e. The highest BCUT2D eigenvalue weighted by Gasteiger charge is 2.38. The predicted molar refractivity (Wildman–Crippen MR) is 67.1 cm³/mol. The summed E-state index contributed by atoms with van der Waals surface area (Å²) >= 11 is 0. The summed E-state index contributed by atoms with van der Waals surface area (Å²) in [6.45, 7) is 8.96. The van der Waals surface area contributed by atoms with Crippen LogP contribution in [0.15, 0.2) is 23.3 Å². The van der Waals surface area contributed by atoms with E-state index in [1.165, 1.54) is 11.1 Å². The van der Waals surface area contributed by atoms with Crippen molar-refractivity contribution in [3.05, 3.63) is 23.3 Å². The first-order valence-electron chi connectivity index (χ1n) is 6.31. The summed E-state index contributed by atoms with van der Waals surface area (Å²) in [5.74, 6) is 1.27. The van der Waals surface area contributed by atoms with Crippen molar-refractivity contribution in [3.63, 3.8) is 0 Å². The molecular formula is C15H22O. The molecule has 1 heteroatoms. The first-order chi connectivity index (χ1) is 7.43. The van der Waals surface area contributed by atoms with Crippen LogP contribution in [0.25, 0.3) is 0 Å². The van der Waals surface area contributed by atoms with Gasteiger partial charge in [-0.1, -0.05) is 44.1 Å². The Bertz CT molecular complexity index is 371. The molecule has 0 heterocycles. The van der Waals surface area contributed by atoms with Gasteiger partial charge >= 0.3 is 0 Å². The minimum Gasteiger partial charge on any atom is -0.299 e. The number of carbonyl (C=O) groups excluding carboxylic acids is 1. The van der Waals surface area contributed by atoms with Crippen molar-refractivity contribution >= 4 is 5.78 Å². The minimum absolute atomic E-state index is 0.233. The average molecular weight is 218 g/mol. The van der Waals surface area contributed by atoms with Crippen molar-refractivity contribution in [2.75, 3.05) is 0 Å². The van der Waals surface area contributed by atoms with E-state index in [-0.39, 0.29) is 11.3 Å². The zero-order chi connectivity index (χ0) is 11.9. The summed E-state index contributed by atoms with van der Waals surface area (Å²) < 4.78 is 0. The van der Waals surface area contributed by atoms with E-state index in [2.05, 4.69) is 39.8 Å². The highest BCUT2D eigenvalue weighted by molar-refractivity contribution is 5.83. The summed E-state index contributed by atoms with van der Waals surface area (Å²) in [6, 6.07) is 0. The Balaban J connectivity index is 2.19. The molecule has 2 atom stereocenters. The van der Waals surface area contributed by atoms with Gasteiger partial charge in [0.05, 0.1) is 0 Å². The van der Waals surface area contributed by atoms with Gasteiger partial charge in [0.1, 0.15) is 5.78 Å². The van der Waals surface area contributed by atoms with Gasteiger partial charge in [-0.05, 0) is 31.1 Å². The Morgan fingerprint density at radius 1 is 1.31 bits per heavy atom. The third-order valence-corrected chi connectivity index (χ3v) is 4.65. The molecule has 0 aromatic carbocycles. The van der Waals surface area contributed by atoms with Gasteiger partial charge in [0, 0.05) is 12.3 Å². The molecule has 0 saturated heterocycles. The SMILES string of the molecule is CC1=CCC(C2=CCC(=O)C(C)C2)C1(C)C. The lowest BCUT2D eigenvalue weighted by Gasteiger charge is -2.34. The van der Waals surface area contributed by atoms with Crippen molar-refractivity contribution in [2.24, 2.45) is 17.3 Å². The molecule has 0 aromatic rings. The molecule has 0 radical (unpaired) electrons. The Morgan fingerprint density at radius 3 is 2.50 bits per heavy atom. The number of carbonyl (C=O) groups is 1. The number of rotatable bonds is 1. The molecule has 0 aromatic heterocycles. The Kier molecular flexibility index (Phi) is 2.81. The van der Waals surface area contributed by atoms with Crippen LogP contribution in [0, 0.1) is 17.3 Å². The lowest BCUT2D eigenvalue weighted by molar-refractivity contribution is -0.122. The second-order valence-corrected chi connectivity index (χ2v) is 5.95. The predicted octanol–water partition coefficient (Wildman–Crippen LogP) is 3.90. The summed E-state index contributed by atoms with van der Waals surface area (Å²) in [4.78, 5) is 11.5. The van der Waals surface area contributed by atoms with E-state index in [9.17, 15) is 4.79 Å². The molecule has 2 rings (SSSR count). The fourth-order valence-electron chi connectivity index (χ4n) is 3.01. The highest BCUT2D eigenvalue weighted by atomic mass is 16.1. The molecule has 0 spiro atoms. The lowest BCUT2D eigenvalue weighted by Crippen LogP contribution is -2.26. The van der Waals surface area contributed by atoms with Gasteiger partial charge in [-0.15, -0.1) is 0 Å². The first kappa shape index (κ1) is 11.6. The molecule has 2 aliphatic carbocycles. The van der Waals surface area contributed by atoms with Crippen LogP contribution in [0.2, 0.25) is 0 Å². The maximum Gasteiger partial charge on any atom is 0.139 e. The summed E-state index contributed by atoms with van der Waals surface area (Å²) in [7, 11) is 0. The molecule has 0 amide bonds. The average Bonchev–Trinajstić information content (AvgIpc) is 2.47. The fraction of sp³-hybridized carbons (Fsp3) is 0.667. The van der Waals surface area contributed by atoms with E-state index < -0.39 is 0 Å². The fourth-order valence-corrected chi connectivity index (χ4v) is 3.01. The molecule has 0 saturated carbocycles. The molecule has 0 fully saturated rings. The summed E-state index contributed by atoms with van der Waals surface area (Å²) in [6.07, 6.45) is 7.36. The highest BCUT2D eigenvalue weighted by Crippen LogP contribution is 2.48. The normalized spacial score (nSPS) is 33.6. The standard InChI is InChI=1S/C15H22O/c1-10-9-12(6-8-14(10)16)13-7-5-11(2)15(13,3)4/h5-6,10,13H,7-9H2,1-4H3. The number of Topliss-reactive ketones (excluding diaryl/α,β-unsaturated/α-hetero) is 1. The maximum atomic E-state index is 11.5. The molecule has 0 bridgehead atoms. The molecule has 88 valence electrons. The smallest absolute Gasteiger partial charge is 0.139 e. The molecular weight excluding hydrogens is 196 g/mol. The zero-order valence-corrected chi connectivity index (χ0v) is 10.8. The van der Waals surface area contributed by atoms with Crippen LogP contribution in [0.5, 0.6) is 0 Å².